The van der Waals surface area contributed by atoms with Crippen molar-refractivity contribution in [2.75, 3.05) is 12.0 Å². The molecule has 0 radical (unpaired) electrons. The third kappa shape index (κ3) is 3.12. The van der Waals surface area contributed by atoms with Crippen molar-refractivity contribution in [2.45, 2.75) is 18.4 Å². The summed E-state index contributed by atoms with van der Waals surface area (Å²) in [5.41, 5.74) is 10.7. The van der Waals surface area contributed by atoms with Crippen LogP contribution in [0.25, 0.3) is 5.57 Å². The summed E-state index contributed by atoms with van der Waals surface area (Å²) in [5.74, 6) is 0. The summed E-state index contributed by atoms with van der Waals surface area (Å²) in [6.07, 6.45) is 6.34. The van der Waals surface area contributed by atoms with Crippen LogP contribution < -0.4 is 4.90 Å². The Morgan fingerprint density at radius 3 is 2.23 bits per heavy atom. The standard InChI is InChI=1S/C28H24BrNO/c1-19-11-9-12-20(2)25(19)26-22-15-7-8-16-23(22)30(21-13-5-4-6-14-21)24-17-10-18-28(29,31-3)27(24)26/h4-18H,1-3H3. The second-order valence-electron chi connectivity index (χ2n) is 7.97. The monoisotopic (exact) mass is 469 g/mol. The Balaban J connectivity index is 1.93. The Labute approximate surface area is 192 Å². The first-order valence-electron chi connectivity index (χ1n) is 10.4. The van der Waals surface area contributed by atoms with Gasteiger partial charge in [-0.15, -0.1) is 0 Å². The number of hydrogen-bond acceptors (Lipinski definition) is 2. The first-order valence-corrected chi connectivity index (χ1v) is 11.2. The van der Waals surface area contributed by atoms with Crippen molar-refractivity contribution < 1.29 is 4.74 Å². The lowest BCUT2D eigenvalue weighted by atomic mass is 9.79. The second-order valence-corrected chi connectivity index (χ2v) is 9.14. The lowest BCUT2D eigenvalue weighted by Gasteiger charge is -2.43. The molecule has 0 saturated heterocycles. The van der Waals surface area contributed by atoms with Crippen LogP contribution in [0.4, 0.5) is 11.4 Å². The molecular weight excluding hydrogens is 446 g/mol. The number of methoxy groups -OCH3 is 1. The highest BCUT2D eigenvalue weighted by atomic mass is 79.9. The van der Waals surface area contributed by atoms with Crippen LogP contribution in [0.1, 0.15) is 22.3 Å². The van der Waals surface area contributed by atoms with Gasteiger partial charge in [0.2, 0.25) is 0 Å². The van der Waals surface area contributed by atoms with Crippen molar-refractivity contribution in [1.29, 1.82) is 0 Å². The number of benzene rings is 3. The van der Waals surface area contributed by atoms with Gasteiger partial charge in [-0.3, -0.25) is 0 Å². The van der Waals surface area contributed by atoms with Crippen LogP contribution in [0.2, 0.25) is 0 Å². The molecule has 0 amide bonds. The first-order chi connectivity index (χ1) is 15.0. The Bertz CT molecular complexity index is 1230. The predicted molar refractivity (Wildman–Crippen MR) is 133 cm³/mol. The zero-order chi connectivity index (χ0) is 21.6. The van der Waals surface area contributed by atoms with E-state index in [4.69, 9.17) is 4.74 Å². The van der Waals surface area contributed by atoms with Crippen molar-refractivity contribution in [1.82, 2.24) is 0 Å². The summed E-state index contributed by atoms with van der Waals surface area (Å²) in [6, 6.07) is 25.7. The van der Waals surface area contributed by atoms with E-state index in [1.807, 2.05) is 0 Å². The van der Waals surface area contributed by atoms with Gasteiger partial charge in [-0.25, -0.2) is 0 Å². The Morgan fingerprint density at radius 2 is 1.52 bits per heavy atom. The molecule has 0 spiro atoms. The number of fused-ring (bicyclic) bond motifs is 2. The molecule has 1 aliphatic heterocycles. The lowest BCUT2D eigenvalue weighted by molar-refractivity contribution is 0.147. The highest BCUT2D eigenvalue weighted by Crippen LogP contribution is 2.54. The van der Waals surface area contributed by atoms with Crippen LogP contribution >= 0.6 is 15.9 Å². The van der Waals surface area contributed by atoms with Gasteiger partial charge in [-0.2, -0.15) is 0 Å². The normalized spacial score (nSPS) is 19.7. The fraction of sp³-hybridized carbons (Fsp3) is 0.143. The molecule has 31 heavy (non-hydrogen) atoms. The fourth-order valence-electron chi connectivity index (χ4n) is 4.73. The number of halogens is 1. The summed E-state index contributed by atoms with van der Waals surface area (Å²) in [7, 11) is 1.75. The van der Waals surface area contributed by atoms with Gasteiger partial charge in [-0.1, -0.05) is 60.7 Å². The van der Waals surface area contributed by atoms with Gasteiger partial charge < -0.3 is 9.64 Å². The van der Waals surface area contributed by atoms with E-state index in [2.05, 4.69) is 126 Å². The number of para-hydroxylation sites is 2. The van der Waals surface area contributed by atoms with Crippen LogP contribution in [0.3, 0.4) is 0 Å². The lowest BCUT2D eigenvalue weighted by Crippen LogP contribution is -2.36. The van der Waals surface area contributed by atoms with Crippen LogP contribution in [0.5, 0.6) is 0 Å². The fourth-order valence-corrected chi connectivity index (χ4v) is 5.28. The van der Waals surface area contributed by atoms with Crippen molar-refractivity contribution >= 4 is 32.9 Å². The summed E-state index contributed by atoms with van der Waals surface area (Å²) in [6.45, 7) is 4.37. The maximum Gasteiger partial charge on any atom is 0.169 e. The molecule has 1 aliphatic carbocycles. The molecule has 0 bridgehead atoms. The molecule has 2 aliphatic rings. The van der Waals surface area contributed by atoms with Crippen LogP contribution in [0.15, 0.2) is 102 Å². The number of anilines is 2. The van der Waals surface area contributed by atoms with E-state index in [1.54, 1.807) is 7.11 Å². The molecule has 1 unspecified atom stereocenters. The molecule has 3 aromatic carbocycles. The quantitative estimate of drug-likeness (QED) is 0.369. The molecule has 5 rings (SSSR count). The van der Waals surface area contributed by atoms with E-state index in [9.17, 15) is 0 Å². The number of ether oxygens (including phenoxy) is 1. The number of nitrogens with zero attached hydrogens (tertiary/aromatic N) is 1. The minimum absolute atomic E-state index is 0.721. The second kappa shape index (κ2) is 7.67. The van der Waals surface area contributed by atoms with Crippen molar-refractivity contribution in [3.63, 3.8) is 0 Å². The molecule has 2 nitrogen and oxygen atoms in total. The Morgan fingerprint density at radius 1 is 0.839 bits per heavy atom. The predicted octanol–water partition coefficient (Wildman–Crippen LogP) is 7.45. The number of allylic oxidation sites excluding steroid dienone is 2. The molecule has 154 valence electrons. The van der Waals surface area contributed by atoms with Crippen molar-refractivity contribution in [3.8, 4) is 0 Å². The van der Waals surface area contributed by atoms with Crippen molar-refractivity contribution in [3.05, 3.63) is 125 Å². The minimum Gasteiger partial charge on any atom is -0.359 e. The molecule has 0 saturated carbocycles. The Kier molecular flexibility index (Phi) is 4.96. The van der Waals surface area contributed by atoms with Gasteiger partial charge >= 0.3 is 0 Å². The molecule has 0 N–H and O–H groups in total. The number of alkyl halides is 1. The molecule has 1 heterocycles. The zero-order valence-electron chi connectivity index (χ0n) is 17.9. The number of aryl methyl sites for hydroxylation is 2. The van der Waals surface area contributed by atoms with E-state index < -0.39 is 4.51 Å². The Hall–Kier alpha value is -2.88. The van der Waals surface area contributed by atoms with Crippen LogP contribution in [-0.2, 0) is 4.74 Å². The molecule has 3 heteroatoms. The van der Waals surface area contributed by atoms with Gasteiger partial charge in [0.05, 0.1) is 11.4 Å². The van der Waals surface area contributed by atoms with Gasteiger partial charge in [0, 0.05) is 29.5 Å². The molecular formula is C28H24BrNO. The zero-order valence-corrected chi connectivity index (χ0v) is 19.5. The summed E-state index contributed by atoms with van der Waals surface area (Å²) >= 11 is 3.94. The maximum atomic E-state index is 6.08. The largest absolute Gasteiger partial charge is 0.359 e. The van der Waals surface area contributed by atoms with Gasteiger partial charge in [0.25, 0.3) is 0 Å². The van der Waals surface area contributed by atoms with Gasteiger partial charge in [0.15, 0.2) is 4.51 Å². The average Bonchev–Trinajstić information content (AvgIpc) is 2.79. The summed E-state index contributed by atoms with van der Waals surface area (Å²) in [5, 5.41) is 0. The van der Waals surface area contributed by atoms with Crippen LogP contribution in [0, 0.1) is 13.8 Å². The molecule has 0 fully saturated rings. The SMILES string of the molecule is COC1(Br)C=CC=C2C1=C(c1c(C)cccc1C)c1ccccc1N2c1ccccc1. The summed E-state index contributed by atoms with van der Waals surface area (Å²) < 4.78 is 5.36. The maximum absolute atomic E-state index is 6.08. The minimum atomic E-state index is -0.721. The molecule has 1 atom stereocenters. The van der Waals surface area contributed by atoms with E-state index in [1.165, 1.54) is 33.5 Å². The highest BCUT2D eigenvalue weighted by molar-refractivity contribution is 9.10. The highest BCUT2D eigenvalue weighted by Gasteiger charge is 2.42. The number of hydrogen-bond donors (Lipinski definition) is 0. The molecule has 3 aromatic rings. The van der Waals surface area contributed by atoms with Crippen molar-refractivity contribution in [2.24, 2.45) is 0 Å². The first kappa shape index (κ1) is 20.0. The van der Waals surface area contributed by atoms with E-state index in [0.29, 0.717) is 0 Å². The third-order valence-corrected chi connectivity index (χ3v) is 7.09. The number of rotatable bonds is 3. The van der Waals surface area contributed by atoms with E-state index in [-0.39, 0.29) is 0 Å². The van der Waals surface area contributed by atoms with E-state index in [0.717, 1.165) is 17.0 Å². The smallest absolute Gasteiger partial charge is 0.169 e. The summed E-state index contributed by atoms with van der Waals surface area (Å²) in [4.78, 5) is 2.33. The van der Waals surface area contributed by atoms with Crippen LogP contribution in [-0.4, -0.2) is 11.6 Å². The average molecular weight is 470 g/mol. The topological polar surface area (TPSA) is 12.5 Å². The third-order valence-electron chi connectivity index (χ3n) is 6.11. The molecule has 0 aromatic heterocycles. The van der Waals surface area contributed by atoms with Gasteiger partial charge in [0.1, 0.15) is 0 Å². The van der Waals surface area contributed by atoms with Gasteiger partial charge in [-0.05, 0) is 76.8 Å². The van der Waals surface area contributed by atoms with E-state index >= 15 is 0 Å².